The molecule has 0 aliphatic heterocycles. The van der Waals surface area contributed by atoms with Crippen LogP contribution in [-0.4, -0.2) is 35.5 Å². The zero-order valence-electron chi connectivity index (χ0n) is 11.8. The number of carbonyl (C=O) groups is 1. The molecule has 1 fully saturated rings. The molecule has 3 atom stereocenters. The molecule has 0 unspecified atom stereocenters. The number of hydrogen-bond acceptors (Lipinski definition) is 4. The van der Waals surface area contributed by atoms with Gasteiger partial charge in [-0.3, -0.25) is 0 Å². The minimum absolute atomic E-state index is 0.0425. The molecule has 1 aromatic rings. The zero-order chi connectivity index (χ0) is 14.6. The number of rotatable bonds is 6. The Hall–Kier alpha value is -1.39. The first kappa shape index (κ1) is 15.0. The van der Waals surface area contributed by atoms with Crippen molar-refractivity contribution in [2.24, 2.45) is 11.3 Å². The quantitative estimate of drug-likeness (QED) is 0.781. The third-order valence-electron chi connectivity index (χ3n) is 4.49. The van der Waals surface area contributed by atoms with Gasteiger partial charge in [0.2, 0.25) is 0 Å². The lowest BCUT2D eigenvalue weighted by Crippen LogP contribution is -2.46. The molecule has 1 saturated carbocycles. The summed E-state index contributed by atoms with van der Waals surface area (Å²) in [4.78, 5) is 11.8. The third-order valence-corrected chi connectivity index (χ3v) is 4.49. The van der Waals surface area contributed by atoms with E-state index in [9.17, 15) is 9.90 Å². The zero-order valence-corrected chi connectivity index (χ0v) is 11.8. The summed E-state index contributed by atoms with van der Waals surface area (Å²) in [5.41, 5.74) is 0.511. The SMILES string of the molecule is C[C@@]1(CCOC(=O)c2ccccc2)CC[C@@H]1[C@H](O)CO. The van der Waals surface area contributed by atoms with Crippen molar-refractivity contribution >= 4 is 5.97 Å². The van der Waals surface area contributed by atoms with Crippen LogP contribution in [-0.2, 0) is 4.74 Å². The molecular weight excluding hydrogens is 256 g/mol. The highest BCUT2D eigenvalue weighted by molar-refractivity contribution is 5.89. The fourth-order valence-corrected chi connectivity index (χ4v) is 2.93. The van der Waals surface area contributed by atoms with Crippen LogP contribution in [0.25, 0.3) is 0 Å². The van der Waals surface area contributed by atoms with Crippen molar-refractivity contribution in [1.82, 2.24) is 0 Å². The summed E-state index contributed by atoms with van der Waals surface area (Å²) in [5.74, 6) is -0.212. The second-order valence-electron chi connectivity index (χ2n) is 5.80. The molecule has 20 heavy (non-hydrogen) atoms. The van der Waals surface area contributed by atoms with Gasteiger partial charge in [-0.15, -0.1) is 0 Å². The summed E-state index contributed by atoms with van der Waals surface area (Å²) < 4.78 is 5.28. The van der Waals surface area contributed by atoms with Crippen LogP contribution in [0.2, 0.25) is 0 Å². The Morgan fingerprint density at radius 2 is 2.15 bits per heavy atom. The molecule has 110 valence electrons. The molecule has 0 spiro atoms. The van der Waals surface area contributed by atoms with Crippen LogP contribution in [0.15, 0.2) is 30.3 Å². The lowest BCUT2D eigenvalue weighted by Gasteiger charge is -2.49. The topological polar surface area (TPSA) is 66.8 Å². The molecule has 0 heterocycles. The molecule has 0 amide bonds. The normalized spacial score (nSPS) is 26.6. The average molecular weight is 278 g/mol. The second-order valence-corrected chi connectivity index (χ2v) is 5.80. The molecule has 2 rings (SSSR count). The van der Waals surface area contributed by atoms with Crippen LogP contribution in [0.3, 0.4) is 0 Å². The minimum Gasteiger partial charge on any atom is -0.462 e. The van der Waals surface area contributed by atoms with Crippen molar-refractivity contribution in [3.05, 3.63) is 35.9 Å². The van der Waals surface area contributed by atoms with Gasteiger partial charge in [-0.05, 0) is 42.7 Å². The predicted octanol–water partition coefficient (Wildman–Crippen LogP) is 2.00. The molecule has 0 bridgehead atoms. The molecule has 0 aromatic heterocycles. The van der Waals surface area contributed by atoms with Crippen molar-refractivity contribution in [2.45, 2.75) is 32.3 Å². The van der Waals surface area contributed by atoms with Crippen molar-refractivity contribution in [3.8, 4) is 0 Å². The molecule has 1 aliphatic carbocycles. The van der Waals surface area contributed by atoms with Gasteiger partial charge in [-0.25, -0.2) is 4.79 Å². The first-order chi connectivity index (χ1) is 9.57. The van der Waals surface area contributed by atoms with Gasteiger partial charge in [0.15, 0.2) is 0 Å². The van der Waals surface area contributed by atoms with Gasteiger partial charge in [0.05, 0.1) is 24.9 Å². The second kappa shape index (κ2) is 6.37. The number of hydrogen-bond donors (Lipinski definition) is 2. The van der Waals surface area contributed by atoms with Crippen LogP contribution in [0.1, 0.15) is 36.5 Å². The molecular formula is C16H22O4. The van der Waals surface area contributed by atoms with E-state index in [2.05, 4.69) is 6.92 Å². The highest BCUT2D eigenvalue weighted by atomic mass is 16.5. The summed E-state index contributed by atoms with van der Waals surface area (Å²) in [6.45, 7) is 2.22. The maximum absolute atomic E-state index is 11.8. The highest BCUT2D eigenvalue weighted by Crippen LogP contribution is 2.50. The Morgan fingerprint density at radius 3 is 2.70 bits per heavy atom. The third kappa shape index (κ3) is 3.19. The smallest absolute Gasteiger partial charge is 0.338 e. The molecule has 1 aliphatic rings. The van der Waals surface area contributed by atoms with E-state index >= 15 is 0 Å². The average Bonchev–Trinajstić information content (AvgIpc) is 2.46. The van der Waals surface area contributed by atoms with Crippen LogP contribution in [0.5, 0.6) is 0 Å². The largest absolute Gasteiger partial charge is 0.462 e. The van der Waals surface area contributed by atoms with Gasteiger partial charge in [-0.1, -0.05) is 25.1 Å². The Morgan fingerprint density at radius 1 is 1.45 bits per heavy atom. The Labute approximate surface area is 119 Å². The summed E-state index contributed by atoms with van der Waals surface area (Å²) in [7, 11) is 0. The number of ether oxygens (including phenoxy) is 1. The summed E-state index contributed by atoms with van der Waals surface area (Å²) >= 11 is 0. The van der Waals surface area contributed by atoms with Gasteiger partial charge in [0.1, 0.15) is 0 Å². The van der Waals surface area contributed by atoms with Crippen molar-refractivity contribution in [1.29, 1.82) is 0 Å². The Kier molecular flexibility index (Phi) is 4.78. The summed E-state index contributed by atoms with van der Waals surface area (Å²) in [6.07, 6.45) is 1.97. The number of aliphatic hydroxyl groups excluding tert-OH is 2. The van der Waals surface area contributed by atoms with Gasteiger partial charge < -0.3 is 14.9 Å². The van der Waals surface area contributed by atoms with Gasteiger partial charge in [0, 0.05) is 0 Å². The van der Waals surface area contributed by atoms with Gasteiger partial charge in [0.25, 0.3) is 0 Å². The van der Waals surface area contributed by atoms with Crippen LogP contribution in [0, 0.1) is 11.3 Å². The minimum atomic E-state index is -0.668. The molecule has 2 N–H and O–H groups in total. The molecule has 0 radical (unpaired) electrons. The Balaban J connectivity index is 1.80. The molecule has 4 nitrogen and oxygen atoms in total. The van der Waals surface area contributed by atoms with E-state index in [1.54, 1.807) is 24.3 Å². The van der Waals surface area contributed by atoms with E-state index in [4.69, 9.17) is 9.84 Å². The molecule has 1 aromatic carbocycles. The highest BCUT2D eigenvalue weighted by Gasteiger charge is 2.45. The van der Waals surface area contributed by atoms with Crippen LogP contribution in [0.4, 0.5) is 0 Å². The number of benzene rings is 1. The van der Waals surface area contributed by atoms with E-state index in [1.165, 1.54) is 0 Å². The van der Waals surface area contributed by atoms with E-state index in [0.717, 1.165) is 12.8 Å². The maximum Gasteiger partial charge on any atom is 0.338 e. The predicted molar refractivity (Wildman–Crippen MR) is 75.3 cm³/mol. The summed E-state index contributed by atoms with van der Waals surface area (Å²) in [6, 6.07) is 8.92. The van der Waals surface area contributed by atoms with E-state index in [1.807, 2.05) is 6.07 Å². The first-order valence-corrected chi connectivity index (χ1v) is 7.08. The van der Waals surface area contributed by atoms with Gasteiger partial charge in [-0.2, -0.15) is 0 Å². The fraction of sp³-hybridized carbons (Fsp3) is 0.562. The lowest BCUT2D eigenvalue weighted by atomic mass is 9.58. The van der Waals surface area contributed by atoms with Crippen molar-refractivity contribution in [3.63, 3.8) is 0 Å². The van der Waals surface area contributed by atoms with E-state index in [0.29, 0.717) is 18.6 Å². The molecule has 0 saturated heterocycles. The monoisotopic (exact) mass is 278 g/mol. The standard InChI is InChI=1S/C16H22O4/c1-16(8-7-13(16)14(18)11-17)9-10-20-15(19)12-5-3-2-4-6-12/h2-6,13-14,17-18H,7-11H2,1H3/t13-,14-,16+/m1/s1. The van der Waals surface area contributed by atoms with Crippen LogP contribution >= 0.6 is 0 Å². The molecule has 4 heteroatoms. The number of esters is 1. The Bertz CT molecular complexity index is 445. The fourth-order valence-electron chi connectivity index (χ4n) is 2.93. The van der Waals surface area contributed by atoms with E-state index in [-0.39, 0.29) is 23.9 Å². The van der Waals surface area contributed by atoms with Crippen molar-refractivity contribution in [2.75, 3.05) is 13.2 Å². The number of carbonyl (C=O) groups excluding carboxylic acids is 1. The maximum atomic E-state index is 11.8. The number of aliphatic hydroxyl groups is 2. The van der Waals surface area contributed by atoms with E-state index < -0.39 is 6.10 Å². The first-order valence-electron chi connectivity index (χ1n) is 7.08. The van der Waals surface area contributed by atoms with Crippen molar-refractivity contribution < 1.29 is 19.7 Å². The van der Waals surface area contributed by atoms with Crippen LogP contribution < -0.4 is 0 Å². The van der Waals surface area contributed by atoms with Gasteiger partial charge >= 0.3 is 5.97 Å². The lowest BCUT2D eigenvalue weighted by molar-refractivity contribution is -0.0819. The summed E-state index contributed by atoms with van der Waals surface area (Å²) in [5, 5.41) is 18.8.